The van der Waals surface area contributed by atoms with Crippen molar-refractivity contribution in [2.24, 2.45) is 0 Å². The van der Waals surface area contributed by atoms with Crippen LogP contribution in [0.5, 0.6) is 17.2 Å². The van der Waals surface area contributed by atoms with E-state index in [4.69, 9.17) is 18.9 Å². The molecule has 0 saturated carbocycles. The fourth-order valence-corrected chi connectivity index (χ4v) is 3.47. The van der Waals surface area contributed by atoms with Crippen LogP contribution < -0.4 is 14.2 Å². The molecule has 0 unspecified atom stereocenters. The second kappa shape index (κ2) is 11.2. The van der Waals surface area contributed by atoms with Gasteiger partial charge >= 0.3 is 5.97 Å². The lowest BCUT2D eigenvalue weighted by molar-refractivity contribution is -0.385. The summed E-state index contributed by atoms with van der Waals surface area (Å²) in [5, 5.41) is 13.5. The number of nitro groups is 1. The van der Waals surface area contributed by atoms with Gasteiger partial charge in [-0.3, -0.25) is 14.9 Å². The number of esters is 1. The molecule has 0 aliphatic carbocycles. The van der Waals surface area contributed by atoms with E-state index < -0.39 is 29.1 Å². The molecular formula is C25H26N2O8. The van der Waals surface area contributed by atoms with Gasteiger partial charge in [-0.25, -0.2) is 4.79 Å². The molecule has 0 atom stereocenters. The summed E-state index contributed by atoms with van der Waals surface area (Å²) in [6.07, 6.45) is 0. The van der Waals surface area contributed by atoms with Crippen LogP contribution in [0.25, 0.3) is 10.8 Å². The zero-order chi connectivity index (χ0) is 25.5. The summed E-state index contributed by atoms with van der Waals surface area (Å²) in [6.45, 7) is 1.68. The maximum absolute atomic E-state index is 12.6. The highest BCUT2D eigenvalue weighted by molar-refractivity contribution is 5.96. The van der Waals surface area contributed by atoms with Crippen molar-refractivity contribution >= 4 is 28.3 Å². The molecule has 0 N–H and O–H groups in total. The molecule has 3 rings (SSSR count). The summed E-state index contributed by atoms with van der Waals surface area (Å²) < 4.78 is 20.8. The van der Waals surface area contributed by atoms with E-state index in [1.807, 2.05) is 36.4 Å². The van der Waals surface area contributed by atoms with Crippen LogP contribution in [0.1, 0.15) is 22.8 Å². The number of carbonyl (C=O) groups excluding carboxylic acids is 2. The Morgan fingerprint density at radius 3 is 2.34 bits per heavy atom. The molecule has 10 heteroatoms. The molecule has 184 valence electrons. The first kappa shape index (κ1) is 25.3. The van der Waals surface area contributed by atoms with E-state index in [9.17, 15) is 19.7 Å². The first-order valence-corrected chi connectivity index (χ1v) is 10.7. The highest BCUT2D eigenvalue weighted by Gasteiger charge is 2.26. The van der Waals surface area contributed by atoms with Crippen LogP contribution in [-0.2, 0) is 16.1 Å². The van der Waals surface area contributed by atoms with Gasteiger partial charge in [0.2, 0.25) is 0 Å². The number of ether oxygens (including phenoxy) is 4. The molecule has 3 aromatic carbocycles. The van der Waals surface area contributed by atoms with Crippen molar-refractivity contribution < 1.29 is 33.5 Å². The van der Waals surface area contributed by atoms with Gasteiger partial charge in [0.05, 0.1) is 31.8 Å². The highest BCUT2D eigenvalue weighted by atomic mass is 16.6. The molecule has 10 nitrogen and oxygen atoms in total. The Labute approximate surface area is 202 Å². The predicted octanol–water partition coefficient (Wildman–Crippen LogP) is 3.98. The number of amides is 1. The van der Waals surface area contributed by atoms with E-state index in [-0.39, 0.29) is 30.2 Å². The first-order chi connectivity index (χ1) is 16.8. The van der Waals surface area contributed by atoms with E-state index >= 15 is 0 Å². The molecule has 0 heterocycles. The van der Waals surface area contributed by atoms with E-state index in [1.165, 1.54) is 18.1 Å². The number of hydrogen-bond acceptors (Lipinski definition) is 8. The summed E-state index contributed by atoms with van der Waals surface area (Å²) in [5.41, 5.74) is 0.0419. The zero-order valence-corrected chi connectivity index (χ0v) is 19.9. The Balaban J connectivity index is 1.68. The number of carbonyl (C=O) groups is 2. The van der Waals surface area contributed by atoms with Gasteiger partial charge in [0, 0.05) is 19.7 Å². The molecule has 35 heavy (non-hydrogen) atoms. The van der Waals surface area contributed by atoms with Crippen LogP contribution in [0.2, 0.25) is 0 Å². The van der Waals surface area contributed by atoms with E-state index in [1.54, 1.807) is 21.1 Å². The largest absolute Gasteiger partial charge is 0.497 e. The van der Waals surface area contributed by atoms with Gasteiger partial charge in [-0.05, 0) is 41.5 Å². The molecule has 3 aromatic rings. The minimum absolute atomic E-state index is 0.128. The minimum atomic E-state index is -1.01. The zero-order valence-electron chi connectivity index (χ0n) is 19.9. The normalized spacial score (nSPS) is 10.5. The number of fused-ring (bicyclic) bond motifs is 1. The lowest BCUT2D eigenvalue weighted by Crippen LogP contribution is -2.30. The third-order valence-electron chi connectivity index (χ3n) is 5.28. The SMILES string of the molecule is CCOc1cc([N+](=O)[O-])c(C(=O)OCC(=O)N(C)Cc2ccc3cc(OC)ccc3c2)cc1OC. The Bertz CT molecular complexity index is 1260. The molecule has 0 bridgehead atoms. The van der Waals surface area contributed by atoms with Crippen LogP contribution in [0, 0.1) is 10.1 Å². The summed E-state index contributed by atoms with van der Waals surface area (Å²) >= 11 is 0. The van der Waals surface area contributed by atoms with E-state index in [0.717, 1.165) is 28.2 Å². The van der Waals surface area contributed by atoms with Crippen LogP contribution >= 0.6 is 0 Å². The van der Waals surface area contributed by atoms with Crippen molar-refractivity contribution in [2.45, 2.75) is 13.5 Å². The number of nitro benzene ring substituents is 1. The van der Waals surface area contributed by atoms with Gasteiger partial charge in [-0.1, -0.05) is 18.2 Å². The first-order valence-electron chi connectivity index (χ1n) is 10.7. The number of hydrogen-bond donors (Lipinski definition) is 0. The Morgan fingerprint density at radius 1 is 0.971 bits per heavy atom. The van der Waals surface area contributed by atoms with Crippen molar-refractivity contribution in [2.75, 3.05) is 34.5 Å². The number of methoxy groups -OCH3 is 2. The predicted molar refractivity (Wildman–Crippen MR) is 128 cm³/mol. The minimum Gasteiger partial charge on any atom is -0.497 e. The number of likely N-dealkylation sites (N-methyl/N-ethyl adjacent to an activating group) is 1. The van der Waals surface area contributed by atoms with Crippen LogP contribution in [-0.4, -0.2) is 56.2 Å². The van der Waals surface area contributed by atoms with Crippen LogP contribution in [0.15, 0.2) is 48.5 Å². The summed E-state index contributed by atoms with van der Waals surface area (Å²) in [5.74, 6) is -0.456. The van der Waals surface area contributed by atoms with Crippen LogP contribution in [0.4, 0.5) is 5.69 Å². The average molecular weight is 482 g/mol. The number of rotatable bonds is 10. The second-order valence-corrected chi connectivity index (χ2v) is 7.58. The summed E-state index contributed by atoms with van der Waals surface area (Å²) in [6, 6.07) is 13.8. The highest BCUT2D eigenvalue weighted by Crippen LogP contribution is 2.35. The molecule has 0 spiro atoms. The van der Waals surface area contributed by atoms with Crippen molar-refractivity contribution in [1.82, 2.24) is 4.90 Å². The van der Waals surface area contributed by atoms with E-state index in [2.05, 4.69) is 0 Å². The molecule has 0 aliphatic rings. The number of benzene rings is 3. The van der Waals surface area contributed by atoms with Gasteiger partial charge in [-0.2, -0.15) is 0 Å². The monoisotopic (exact) mass is 482 g/mol. The van der Waals surface area contributed by atoms with Crippen LogP contribution in [0.3, 0.4) is 0 Å². The maximum Gasteiger partial charge on any atom is 0.345 e. The molecular weight excluding hydrogens is 456 g/mol. The topological polar surface area (TPSA) is 117 Å². The van der Waals surface area contributed by atoms with Gasteiger partial charge in [-0.15, -0.1) is 0 Å². The third-order valence-corrected chi connectivity index (χ3v) is 5.28. The van der Waals surface area contributed by atoms with E-state index in [0.29, 0.717) is 0 Å². The van der Waals surface area contributed by atoms with Crippen molar-refractivity contribution in [3.8, 4) is 17.2 Å². The summed E-state index contributed by atoms with van der Waals surface area (Å²) in [7, 11) is 4.53. The second-order valence-electron chi connectivity index (χ2n) is 7.58. The Morgan fingerprint density at radius 2 is 1.69 bits per heavy atom. The fourth-order valence-electron chi connectivity index (χ4n) is 3.47. The lowest BCUT2D eigenvalue weighted by Gasteiger charge is -2.18. The third kappa shape index (κ3) is 5.97. The molecule has 0 aliphatic heterocycles. The number of nitrogens with zero attached hydrogens (tertiary/aromatic N) is 2. The molecule has 0 aromatic heterocycles. The lowest BCUT2D eigenvalue weighted by atomic mass is 10.1. The Kier molecular flexibility index (Phi) is 8.08. The molecule has 1 amide bonds. The summed E-state index contributed by atoms with van der Waals surface area (Å²) in [4.78, 5) is 37.3. The van der Waals surface area contributed by atoms with Crippen molar-refractivity contribution in [3.05, 3.63) is 69.8 Å². The smallest absolute Gasteiger partial charge is 0.345 e. The fraction of sp³-hybridized carbons (Fsp3) is 0.280. The molecule has 0 fully saturated rings. The van der Waals surface area contributed by atoms with Gasteiger partial charge < -0.3 is 23.8 Å². The quantitative estimate of drug-likeness (QED) is 0.242. The maximum atomic E-state index is 12.6. The van der Waals surface area contributed by atoms with Gasteiger partial charge in [0.1, 0.15) is 11.3 Å². The molecule has 0 saturated heterocycles. The standard InChI is InChI=1S/C25H26N2O8/c1-5-34-23-13-21(27(30)31)20(12-22(23)33-4)25(29)35-15-24(28)26(2)14-16-6-7-18-11-19(32-3)9-8-17(18)10-16/h6-13H,5,14-15H2,1-4H3. The Hall–Kier alpha value is -4.34. The van der Waals surface area contributed by atoms with Crippen molar-refractivity contribution in [3.63, 3.8) is 0 Å². The average Bonchev–Trinajstić information content (AvgIpc) is 2.86. The van der Waals surface area contributed by atoms with Gasteiger partial charge in [0.15, 0.2) is 18.1 Å². The molecule has 0 radical (unpaired) electrons. The van der Waals surface area contributed by atoms with Gasteiger partial charge in [0.25, 0.3) is 11.6 Å². The van der Waals surface area contributed by atoms with Crippen molar-refractivity contribution in [1.29, 1.82) is 0 Å².